The number of hydrogen-bond acceptors (Lipinski definition) is 5. The van der Waals surface area contributed by atoms with Crippen LogP contribution >= 0.6 is 0 Å². The number of hydrogen-bond donors (Lipinski definition) is 2. The van der Waals surface area contributed by atoms with Gasteiger partial charge in [-0.05, 0) is 24.3 Å². The molecular weight excluding hydrogens is 280 g/mol. The van der Waals surface area contributed by atoms with Crippen molar-refractivity contribution >= 4 is 10.0 Å². The van der Waals surface area contributed by atoms with Crippen molar-refractivity contribution in [3.05, 3.63) is 24.3 Å². The van der Waals surface area contributed by atoms with E-state index in [1.807, 2.05) is 0 Å². The largest absolute Gasteiger partial charge is 0.497 e. The summed E-state index contributed by atoms with van der Waals surface area (Å²) in [6, 6.07) is 6.32. The van der Waals surface area contributed by atoms with Crippen LogP contribution in [0.25, 0.3) is 0 Å². The maximum atomic E-state index is 12.1. The highest BCUT2D eigenvalue weighted by molar-refractivity contribution is 7.89. The van der Waals surface area contributed by atoms with Crippen molar-refractivity contribution in [1.29, 1.82) is 0 Å². The van der Waals surface area contributed by atoms with Crippen molar-refractivity contribution in [2.75, 3.05) is 40.0 Å². The standard InChI is InChI=1S/C13H20N2O4S/c1-18-12-2-4-13(5-3-12)20(16,17)15-9-11-8-14-6-7-19-10-11/h2-5,11,14-15H,6-10H2,1H3. The maximum Gasteiger partial charge on any atom is 0.240 e. The van der Waals surface area contributed by atoms with E-state index in [0.29, 0.717) is 25.5 Å². The SMILES string of the molecule is COc1ccc(S(=O)(=O)NCC2CNCCOC2)cc1. The van der Waals surface area contributed by atoms with Crippen molar-refractivity contribution in [3.8, 4) is 5.75 Å². The van der Waals surface area contributed by atoms with Gasteiger partial charge >= 0.3 is 0 Å². The molecule has 0 radical (unpaired) electrons. The van der Waals surface area contributed by atoms with Crippen LogP contribution in [0.3, 0.4) is 0 Å². The molecule has 0 spiro atoms. The number of ether oxygens (including phenoxy) is 2. The summed E-state index contributed by atoms with van der Waals surface area (Å²) in [5.74, 6) is 0.774. The quantitative estimate of drug-likeness (QED) is 0.813. The molecule has 0 aromatic heterocycles. The molecule has 1 aromatic carbocycles. The summed E-state index contributed by atoms with van der Waals surface area (Å²) in [5.41, 5.74) is 0. The third-order valence-electron chi connectivity index (χ3n) is 3.14. The molecule has 2 rings (SSSR count). The van der Waals surface area contributed by atoms with E-state index < -0.39 is 10.0 Å². The lowest BCUT2D eigenvalue weighted by atomic mass is 10.2. The average molecular weight is 300 g/mol. The van der Waals surface area contributed by atoms with Gasteiger partial charge < -0.3 is 14.8 Å². The first-order chi connectivity index (χ1) is 9.62. The Labute approximate surface area is 119 Å². The van der Waals surface area contributed by atoms with Crippen LogP contribution in [-0.2, 0) is 14.8 Å². The van der Waals surface area contributed by atoms with Gasteiger partial charge in [0, 0.05) is 25.6 Å². The van der Waals surface area contributed by atoms with E-state index in [1.54, 1.807) is 19.2 Å². The molecule has 112 valence electrons. The van der Waals surface area contributed by atoms with E-state index in [-0.39, 0.29) is 10.8 Å². The van der Waals surface area contributed by atoms with Crippen molar-refractivity contribution in [1.82, 2.24) is 10.0 Å². The zero-order chi connectivity index (χ0) is 14.4. The lowest BCUT2D eigenvalue weighted by Gasteiger charge is -2.15. The summed E-state index contributed by atoms with van der Waals surface area (Å²) in [6.07, 6.45) is 0. The molecule has 0 amide bonds. The summed E-state index contributed by atoms with van der Waals surface area (Å²) >= 11 is 0. The molecule has 1 heterocycles. The first-order valence-corrected chi connectivity index (χ1v) is 8.02. The van der Waals surface area contributed by atoms with Gasteiger partial charge in [0.25, 0.3) is 0 Å². The van der Waals surface area contributed by atoms with Gasteiger partial charge in [-0.1, -0.05) is 0 Å². The zero-order valence-corrected chi connectivity index (χ0v) is 12.3. The fourth-order valence-corrected chi connectivity index (χ4v) is 3.07. The smallest absolute Gasteiger partial charge is 0.240 e. The number of benzene rings is 1. The number of rotatable bonds is 5. The third kappa shape index (κ3) is 4.17. The first kappa shape index (κ1) is 15.2. The van der Waals surface area contributed by atoms with E-state index in [0.717, 1.165) is 13.1 Å². The average Bonchev–Trinajstić information content (AvgIpc) is 2.74. The highest BCUT2D eigenvalue weighted by atomic mass is 32.2. The highest BCUT2D eigenvalue weighted by Crippen LogP contribution is 2.15. The fourth-order valence-electron chi connectivity index (χ4n) is 1.96. The van der Waals surface area contributed by atoms with Gasteiger partial charge in [0.1, 0.15) is 5.75 Å². The molecule has 1 aromatic rings. The Kier molecular flexibility index (Phi) is 5.36. The minimum Gasteiger partial charge on any atom is -0.497 e. The molecule has 2 N–H and O–H groups in total. The van der Waals surface area contributed by atoms with Gasteiger partial charge in [-0.2, -0.15) is 0 Å². The lowest BCUT2D eigenvalue weighted by molar-refractivity contribution is 0.124. The summed E-state index contributed by atoms with van der Waals surface area (Å²) < 4.78 is 37.3. The Hall–Kier alpha value is -1.15. The topological polar surface area (TPSA) is 76.7 Å². The van der Waals surface area contributed by atoms with Crippen molar-refractivity contribution in [3.63, 3.8) is 0 Å². The minimum absolute atomic E-state index is 0.144. The van der Waals surface area contributed by atoms with Crippen molar-refractivity contribution in [2.24, 2.45) is 5.92 Å². The van der Waals surface area contributed by atoms with Gasteiger partial charge in [0.2, 0.25) is 10.0 Å². The number of sulfonamides is 1. The van der Waals surface area contributed by atoms with E-state index in [4.69, 9.17) is 9.47 Å². The molecular formula is C13H20N2O4S. The molecule has 1 fully saturated rings. The summed E-state index contributed by atoms with van der Waals surface area (Å²) in [6.45, 7) is 3.16. The van der Waals surface area contributed by atoms with Crippen LogP contribution in [0.4, 0.5) is 0 Å². The molecule has 1 aliphatic heterocycles. The number of methoxy groups -OCH3 is 1. The van der Waals surface area contributed by atoms with E-state index in [9.17, 15) is 8.42 Å². The molecule has 7 heteroatoms. The number of nitrogens with one attached hydrogen (secondary N) is 2. The minimum atomic E-state index is -3.49. The molecule has 1 saturated heterocycles. The fraction of sp³-hybridized carbons (Fsp3) is 0.538. The van der Waals surface area contributed by atoms with Crippen molar-refractivity contribution in [2.45, 2.75) is 4.90 Å². The molecule has 0 saturated carbocycles. The molecule has 1 atom stereocenters. The summed E-state index contributed by atoms with van der Waals surface area (Å²) in [7, 11) is -1.94. The second-order valence-corrected chi connectivity index (χ2v) is 6.44. The van der Waals surface area contributed by atoms with Crippen LogP contribution in [0, 0.1) is 5.92 Å². The Morgan fingerprint density at radius 3 is 2.85 bits per heavy atom. The van der Waals surface area contributed by atoms with Gasteiger partial charge in [-0.25, -0.2) is 13.1 Å². The Balaban J connectivity index is 1.95. The second-order valence-electron chi connectivity index (χ2n) is 4.67. The Morgan fingerprint density at radius 2 is 2.15 bits per heavy atom. The maximum absolute atomic E-state index is 12.1. The van der Waals surface area contributed by atoms with Gasteiger partial charge in [-0.15, -0.1) is 0 Å². The van der Waals surface area contributed by atoms with Crippen LogP contribution in [0.15, 0.2) is 29.2 Å². The Bertz CT molecular complexity index is 508. The van der Waals surface area contributed by atoms with Crippen LogP contribution in [0.5, 0.6) is 5.75 Å². The molecule has 20 heavy (non-hydrogen) atoms. The van der Waals surface area contributed by atoms with Gasteiger partial charge in [0.15, 0.2) is 0 Å². The zero-order valence-electron chi connectivity index (χ0n) is 11.5. The summed E-state index contributed by atoms with van der Waals surface area (Å²) in [5, 5.41) is 3.21. The molecule has 1 aliphatic rings. The second kappa shape index (κ2) is 7.03. The third-order valence-corrected chi connectivity index (χ3v) is 4.58. The van der Waals surface area contributed by atoms with E-state index >= 15 is 0 Å². The van der Waals surface area contributed by atoms with Crippen LogP contribution in [0.1, 0.15) is 0 Å². The highest BCUT2D eigenvalue weighted by Gasteiger charge is 2.18. The van der Waals surface area contributed by atoms with Crippen LogP contribution in [0.2, 0.25) is 0 Å². The van der Waals surface area contributed by atoms with Crippen LogP contribution < -0.4 is 14.8 Å². The normalized spacial score (nSPS) is 20.4. The lowest BCUT2D eigenvalue weighted by Crippen LogP contribution is -2.35. The van der Waals surface area contributed by atoms with Gasteiger partial charge in [0.05, 0.1) is 25.2 Å². The molecule has 6 nitrogen and oxygen atoms in total. The predicted octanol–water partition coefficient (Wildman–Crippen LogP) is 0.210. The molecule has 0 aliphatic carbocycles. The van der Waals surface area contributed by atoms with E-state index in [2.05, 4.69) is 10.0 Å². The Morgan fingerprint density at radius 1 is 1.40 bits per heavy atom. The van der Waals surface area contributed by atoms with Gasteiger partial charge in [-0.3, -0.25) is 0 Å². The van der Waals surface area contributed by atoms with Crippen LogP contribution in [-0.4, -0.2) is 48.4 Å². The first-order valence-electron chi connectivity index (χ1n) is 6.54. The van der Waals surface area contributed by atoms with Crippen molar-refractivity contribution < 1.29 is 17.9 Å². The monoisotopic (exact) mass is 300 g/mol. The molecule has 1 unspecified atom stereocenters. The van der Waals surface area contributed by atoms with E-state index in [1.165, 1.54) is 12.1 Å². The molecule has 0 bridgehead atoms. The predicted molar refractivity (Wildman–Crippen MR) is 75.4 cm³/mol. The summed E-state index contributed by atoms with van der Waals surface area (Å²) in [4.78, 5) is 0.237.